The van der Waals surface area contributed by atoms with Crippen molar-refractivity contribution in [1.29, 1.82) is 0 Å². The highest BCUT2D eigenvalue weighted by molar-refractivity contribution is 5.78. The van der Waals surface area contributed by atoms with Gasteiger partial charge in [-0.2, -0.15) is 5.10 Å². The molecule has 1 aromatic rings. The highest BCUT2D eigenvalue weighted by atomic mass is 16.5. The minimum Gasteiger partial charge on any atom is -0.481 e. The minimum absolute atomic E-state index is 0.0181. The number of aryl methyl sites for hydroxylation is 1. The number of aromatic nitrogens is 2. The number of aliphatic carboxylic acids is 1. The van der Waals surface area contributed by atoms with Crippen molar-refractivity contribution in [2.75, 3.05) is 26.2 Å². The first-order valence-electron chi connectivity index (χ1n) is 8.48. The largest absolute Gasteiger partial charge is 0.481 e. The molecule has 0 spiro atoms. The van der Waals surface area contributed by atoms with E-state index in [1.165, 1.54) is 0 Å². The number of rotatable bonds is 7. The molecule has 2 N–H and O–H groups in total. The lowest BCUT2D eigenvalue weighted by molar-refractivity contribution is -0.137. The number of amides is 1. The highest BCUT2D eigenvalue weighted by Gasteiger charge is 2.21. The summed E-state index contributed by atoms with van der Waals surface area (Å²) in [6.07, 6.45) is 2.78. The number of nitrogens with one attached hydrogen (secondary N) is 1. The van der Waals surface area contributed by atoms with E-state index in [1.54, 1.807) is 0 Å². The van der Waals surface area contributed by atoms with Crippen molar-refractivity contribution in [2.45, 2.75) is 44.9 Å². The van der Waals surface area contributed by atoms with E-state index >= 15 is 0 Å². The Hall–Kier alpha value is -1.93. The van der Waals surface area contributed by atoms with Crippen molar-refractivity contribution >= 4 is 11.9 Å². The maximum atomic E-state index is 12.1. The van der Waals surface area contributed by atoms with Crippen LogP contribution in [0.1, 0.15) is 30.7 Å². The summed E-state index contributed by atoms with van der Waals surface area (Å²) in [6, 6.07) is 1.94. The molecule has 1 saturated heterocycles. The summed E-state index contributed by atoms with van der Waals surface area (Å²) in [6.45, 7) is 3.89. The molecule has 1 unspecified atom stereocenters. The molecule has 24 heavy (non-hydrogen) atoms. The zero-order valence-electron chi connectivity index (χ0n) is 13.7. The lowest BCUT2D eigenvalue weighted by atomic mass is 10.2. The molecule has 2 aliphatic heterocycles. The van der Waals surface area contributed by atoms with E-state index in [0.717, 1.165) is 43.9 Å². The smallest absolute Gasteiger partial charge is 0.303 e. The van der Waals surface area contributed by atoms with E-state index in [2.05, 4.69) is 15.3 Å². The summed E-state index contributed by atoms with van der Waals surface area (Å²) >= 11 is 0. The second kappa shape index (κ2) is 7.76. The number of carbonyl (C=O) groups is 2. The summed E-state index contributed by atoms with van der Waals surface area (Å²) in [5.41, 5.74) is 1.84. The molecule has 0 radical (unpaired) electrons. The van der Waals surface area contributed by atoms with Gasteiger partial charge in [-0.25, -0.2) is 0 Å². The normalized spacial score (nSPS) is 20.8. The molecule has 1 fully saturated rings. The monoisotopic (exact) mass is 336 g/mol. The standard InChI is InChI=1S/C16H24N4O4/c21-15(17-9-14-2-1-7-24-14)11-19-5-6-20-13(10-19)8-12(18-20)3-4-16(22)23/h8,14H,1-7,9-11H2,(H,17,21)(H,22,23). The lowest BCUT2D eigenvalue weighted by Crippen LogP contribution is -2.43. The predicted octanol–water partition coefficient (Wildman–Crippen LogP) is 0.0111. The fraction of sp³-hybridized carbons (Fsp3) is 0.688. The molecule has 8 nitrogen and oxygen atoms in total. The number of hydrogen-bond donors (Lipinski definition) is 2. The van der Waals surface area contributed by atoms with Gasteiger partial charge in [-0.15, -0.1) is 0 Å². The Labute approximate surface area is 140 Å². The van der Waals surface area contributed by atoms with Gasteiger partial charge >= 0.3 is 5.97 Å². The third-order valence-electron chi connectivity index (χ3n) is 4.44. The molecule has 3 rings (SSSR count). The van der Waals surface area contributed by atoms with Gasteiger partial charge in [-0.05, 0) is 18.9 Å². The predicted molar refractivity (Wildman–Crippen MR) is 85.4 cm³/mol. The van der Waals surface area contributed by atoms with Crippen molar-refractivity contribution in [3.63, 3.8) is 0 Å². The zero-order valence-corrected chi connectivity index (χ0v) is 13.7. The molecule has 0 bridgehead atoms. The number of fused-ring (bicyclic) bond motifs is 1. The number of hydrogen-bond acceptors (Lipinski definition) is 5. The first-order chi connectivity index (χ1) is 11.6. The Kier molecular flexibility index (Phi) is 5.47. The molecule has 1 amide bonds. The molecule has 1 atom stereocenters. The van der Waals surface area contributed by atoms with E-state index in [9.17, 15) is 9.59 Å². The van der Waals surface area contributed by atoms with Crippen LogP contribution in [-0.2, 0) is 33.8 Å². The second-order valence-electron chi connectivity index (χ2n) is 6.39. The van der Waals surface area contributed by atoms with Crippen molar-refractivity contribution in [3.8, 4) is 0 Å². The van der Waals surface area contributed by atoms with Crippen LogP contribution in [0.25, 0.3) is 0 Å². The summed E-state index contributed by atoms with van der Waals surface area (Å²) in [4.78, 5) is 24.8. The molecule has 0 aliphatic carbocycles. The van der Waals surface area contributed by atoms with Gasteiger partial charge in [0.25, 0.3) is 0 Å². The maximum absolute atomic E-state index is 12.1. The van der Waals surface area contributed by atoms with Crippen LogP contribution < -0.4 is 5.32 Å². The molecular formula is C16H24N4O4. The Morgan fingerprint density at radius 3 is 3.04 bits per heavy atom. The van der Waals surface area contributed by atoms with Crippen LogP contribution in [0.3, 0.4) is 0 Å². The maximum Gasteiger partial charge on any atom is 0.303 e. The SMILES string of the molecule is O=C(O)CCc1cc2n(n1)CCN(CC(=O)NCC1CCCO1)C2. The average molecular weight is 336 g/mol. The molecular weight excluding hydrogens is 312 g/mol. The van der Waals surface area contributed by atoms with Gasteiger partial charge in [0.1, 0.15) is 0 Å². The first-order valence-corrected chi connectivity index (χ1v) is 8.48. The summed E-state index contributed by atoms with van der Waals surface area (Å²) < 4.78 is 7.42. The van der Waals surface area contributed by atoms with Crippen molar-refractivity contribution in [2.24, 2.45) is 0 Å². The van der Waals surface area contributed by atoms with E-state index in [0.29, 0.717) is 26.1 Å². The van der Waals surface area contributed by atoms with Gasteiger partial charge in [-0.1, -0.05) is 0 Å². The van der Waals surface area contributed by atoms with Gasteiger partial charge < -0.3 is 15.2 Å². The van der Waals surface area contributed by atoms with Crippen molar-refractivity contribution in [3.05, 3.63) is 17.5 Å². The molecule has 8 heteroatoms. The quantitative estimate of drug-likeness (QED) is 0.728. The highest BCUT2D eigenvalue weighted by Crippen LogP contribution is 2.15. The summed E-state index contributed by atoms with van der Waals surface area (Å²) in [5, 5.41) is 16.1. The Morgan fingerprint density at radius 2 is 2.29 bits per heavy atom. The van der Waals surface area contributed by atoms with Crippen LogP contribution in [0, 0.1) is 0 Å². The van der Waals surface area contributed by atoms with Gasteiger partial charge in [0, 0.05) is 32.7 Å². The zero-order chi connectivity index (χ0) is 16.9. The topological polar surface area (TPSA) is 96.7 Å². The van der Waals surface area contributed by atoms with Crippen LogP contribution in [0.15, 0.2) is 6.07 Å². The van der Waals surface area contributed by atoms with E-state index in [1.807, 2.05) is 10.7 Å². The van der Waals surface area contributed by atoms with E-state index < -0.39 is 5.97 Å². The summed E-state index contributed by atoms with van der Waals surface area (Å²) in [7, 11) is 0. The minimum atomic E-state index is -0.814. The summed E-state index contributed by atoms with van der Waals surface area (Å²) in [5.74, 6) is -0.796. The van der Waals surface area contributed by atoms with Gasteiger partial charge in [0.2, 0.25) is 5.91 Å². The molecule has 3 heterocycles. The second-order valence-corrected chi connectivity index (χ2v) is 6.39. The number of carboxylic acids is 1. The first kappa shape index (κ1) is 16.9. The van der Waals surface area contributed by atoms with Gasteiger partial charge in [-0.3, -0.25) is 19.2 Å². The number of carbonyl (C=O) groups excluding carboxylic acids is 1. The Bertz CT molecular complexity index is 595. The molecule has 132 valence electrons. The van der Waals surface area contributed by atoms with Crippen LogP contribution >= 0.6 is 0 Å². The van der Waals surface area contributed by atoms with E-state index in [-0.39, 0.29) is 18.4 Å². The average Bonchev–Trinajstić information content (AvgIpc) is 3.19. The van der Waals surface area contributed by atoms with Crippen molar-refractivity contribution < 1.29 is 19.4 Å². The molecule has 1 aromatic heterocycles. The van der Waals surface area contributed by atoms with Crippen molar-refractivity contribution in [1.82, 2.24) is 20.0 Å². The Morgan fingerprint density at radius 1 is 1.42 bits per heavy atom. The molecule has 0 aromatic carbocycles. The third-order valence-corrected chi connectivity index (χ3v) is 4.44. The van der Waals surface area contributed by atoms with Crippen LogP contribution in [0.5, 0.6) is 0 Å². The van der Waals surface area contributed by atoms with Gasteiger partial charge in [0.15, 0.2) is 0 Å². The van der Waals surface area contributed by atoms with Gasteiger partial charge in [0.05, 0.1) is 37.0 Å². The Balaban J connectivity index is 1.45. The van der Waals surface area contributed by atoms with E-state index in [4.69, 9.17) is 9.84 Å². The lowest BCUT2D eigenvalue weighted by Gasteiger charge is -2.27. The van der Waals surface area contributed by atoms with Crippen LogP contribution in [0.2, 0.25) is 0 Å². The number of nitrogens with zero attached hydrogens (tertiary/aromatic N) is 3. The number of carboxylic acid groups (broad SMARTS) is 1. The van der Waals surface area contributed by atoms with Crippen LogP contribution in [-0.4, -0.2) is 64.0 Å². The molecule has 2 aliphatic rings. The third kappa shape index (κ3) is 4.55. The molecule has 0 saturated carbocycles. The van der Waals surface area contributed by atoms with Crippen LogP contribution in [0.4, 0.5) is 0 Å². The fourth-order valence-electron chi connectivity index (χ4n) is 3.16. The number of ether oxygens (including phenoxy) is 1. The fourth-order valence-corrected chi connectivity index (χ4v) is 3.16.